The maximum atomic E-state index is 2.52. The van der Waals surface area contributed by atoms with Crippen LogP contribution in [0.4, 0.5) is 17.1 Å². The summed E-state index contributed by atoms with van der Waals surface area (Å²) in [6, 6.07) is 88.1. The van der Waals surface area contributed by atoms with E-state index in [1.807, 2.05) is 0 Å². The Labute approximate surface area is 375 Å². The molecule has 0 N–H and O–H groups in total. The van der Waals surface area contributed by atoms with Gasteiger partial charge in [0.05, 0.1) is 5.41 Å². The van der Waals surface area contributed by atoms with Crippen molar-refractivity contribution in [2.24, 2.45) is 0 Å². The predicted molar refractivity (Wildman–Crippen MR) is 271 cm³/mol. The van der Waals surface area contributed by atoms with E-state index in [2.05, 4.69) is 255 Å². The molecule has 0 fully saturated rings. The van der Waals surface area contributed by atoms with Gasteiger partial charge in [-0.25, -0.2) is 0 Å². The van der Waals surface area contributed by atoms with E-state index in [4.69, 9.17) is 0 Å². The van der Waals surface area contributed by atoms with Crippen molar-refractivity contribution in [3.63, 3.8) is 0 Å². The summed E-state index contributed by atoms with van der Waals surface area (Å²) in [7, 11) is 0. The van der Waals surface area contributed by atoms with Gasteiger partial charge in [0.25, 0.3) is 0 Å². The van der Waals surface area contributed by atoms with Crippen LogP contribution in [0, 0.1) is 13.8 Å². The number of fused-ring (bicyclic) bond motifs is 6. The largest absolute Gasteiger partial charge is 0.311 e. The normalized spacial score (nSPS) is 12.7. The molecule has 12 rings (SSSR count). The number of hydrogen-bond donors (Lipinski definition) is 0. The molecule has 11 aromatic rings. The lowest BCUT2D eigenvalue weighted by molar-refractivity contribution is 0.769. The average molecular weight is 816 g/mol. The van der Waals surface area contributed by atoms with Gasteiger partial charge in [0.15, 0.2) is 0 Å². The summed E-state index contributed by atoms with van der Waals surface area (Å²) in [6.45, 7) is 4.29. The summed E-state index contributed by atoms with van der Waals surface area (Å²) in [4.78, 5) is 2.35. The van der Waals surface area contributed by atoms with Crippen molar-refractivity contribution in [1.29, 1.82) is 0 Å². The van der Waals surface area contributed by atoms with Crippen LogP contribution in [-0.4, -0.2) is 0 Å². The third-order valence-electron chi connectivity index (χ3n) is 13.6. The van der Waals surface area contributed by atoms with Gasteiger partial charge in [-0.2, -0.15) is 0 Å². The Kier molecular flexibility index (Phi) is 8.91. The molecular weight excluding hydrogens is 771 g/mol. The van der Waals surface area contributed by atoms with Crippen LogP contribution in [0.25, 0.3) is 65.7 Å². The van der Waals surface area contributed by atoms with Gasteiger partial charge < -0.3 is 4.90 Å². The molecule has 1 aliphatic carbocycles. The van der Waals surface area contributed by atoms with Gasteiger partial charge in [-0.05, 0) is 156 Å². The van der Waals surface area contributed by atoms with Gasteiger partial charge >= 0.3 is 0 Å². The first-order chi connectivity index (χ1) is 31.6. The van der Waals surface area contributed by atoms with Crippen LogP contribution < -0.4 is 4.90 Å². The zero-order valence-corrected chi connectivity index (χ0v) is 36.0. The van der Waals surface area contributed by atoms with E-state index in [1.165, 1.54) is 99.1 Å². The van der Waals surface area contributed by atoms with Crippen LogP contribution in [0.2, 0.25) is 0 Å². The highest BCUT2D eigenvalue weighted by atomic mass is 15.1. The highest BCUT2D eigenvalue weighted by molar-refractivity contribution is 6.23. The number of nitrogens with zero attached hydrogens (tertiary/aromatic N) is 1. The van der Waals surface area contributed by atoms with Gasteiger partial charge in [0.1, 0.15) is 0 Å². The van der Waals surface area contributed by atoms with Crippen molar-refractivity contribution in [3.05, 3.63) is 270 Å². The van der Waals surface area contributed by atoms with Gasteiger partial charge in [-0.3, -0.25) is 0 Å². The van der Waals surface area contributed by atoms with E-state index in [0.29, 0.717) is 0 Å². The lowest BCUT2D eigenvalue weighted by Gasteiger charge is -2.34. The Morgan fingerprint density at radius 2 is 0.734 bits per heavy atom. The molecule has 1 heteroatoms. The van der Waals surface area contributed by atoms with Gasteiger partial charge in [-0.1, -0.05) is 193 Å². The molecule has 1 aliphatic rings. The maximum Gasteiger partial charge on any atom is 0.0713 e. The highest BCUT2D eigenvalue weighted by Gasteiger charge is 2.46. The third-order valence-corrected chi connectivity index (χ3v) is 13.6. The summed E-state index contributed by atoms with van der Waals surface area (Å²) in [5.41, 5.74) is 18.1. The fraction of sp³-hybridized carbons (Fsp3) is 0.0476. The molecule has 64 heavy (non-hydrogen) atoms. The number of aryl methyl sites for hydroxylation is 2. The van der Waals surface area contributed by atoms with Crippen molar-refractivity contribution in [1.82, 2.24) is 0 Å². The Hall–Kier alpha value is -8.00. The molecule has 0 heterocycles. The van der Waals surface area contributed by atoms with Crippen LogP contribution >= 0.6 is 0 Å². The first kappa shape index (κ1) is 37.7. The molecule has 0 bridgehead atoms. The Balaban J connectivity index is 1.10. The molecule has 1 nitrogen and oxygen atoms in total. The fourth-order valence-electron chi connectivity index (χ4n) is 10.7. The smallest absolute Gasteiger partial charge is 0.0713 e. The average Bonchev–Trinajstić information content (AvgIpc) is 3.65. The Bertz CT molecular complexity index is 3450. The van der Waals surface area contributed by atoms with E-state index in [9.17, 15) is 0 Å². The number of benzene rings is 11. The standard InChI is InChI=1S/C63H45N/c1-42-25-32-50(33-26-42)64(51-34-27-43(2)28-35-51)52-36-29-44(30-37-52)61-55-22-11-12-23-56(55)62(58-40-46-16-10-9-15-45(46)39-57(58)61)47-31-38-54-53-21-13-14-24-59(53)63(60(54)41-47,48-17-5-3-6-18-48)49-19-7-4-8-20-49/h3-41H,1-2H3. The highest BCUT2D eigenvalue weighted by Crippen LogP contribution is 2.57. The summed E-state index contributed by atoms with van der Waals surface area (Å²) in [5.74, 6) is 0. The van der Waals surface area contributed by atoms with E-state index in [-0.39, 0.29) is 0 Å². The molecule has 0 unspecified atom stereocenters. The Morgan fingerprint density at radius 3 is 1.28 bits per heavy atom. The van der Waals surface area contributed by atoms with Crippen LogP contribution in [0.5, 0.6) is 0 Å². The van der Waals surface area contributed by atoms with Crippen molar-refractivity contribution < 1.29 is 0 Å². The van der Waals surface area contributed by atoms with Crippen LogP contribution in [-0.2, 0) is 5.41 Å². The summed E-state index contributed by atoms with van der Waals surface area (Å²) in [5, 5.41) is 7.44. The molecule has 0 aliphatic heterocycles. The summed E-state index contributed by atoms with van der Waals surface area (Å²) in [6.07, 6.45) is 0. The predicted octanol–water partition coefficient (Wildman–Crippen LogP) is 16.9. The number of rotatable bonds is 7. The molecule has 0 atom stereocenters. The molecule has 11 aromatic carbocycles. The van der Waals surface area contributed by atoms with E-state index >= 15 is 0 Å². The molecule has 0 amide bonds. The lowest BCUT2D eigenvalue weighted by atomic mass is 9.67. The third kappa shape index (κ3) is 5.93. The van der Waals surface area contributed by atoms with E-state index in [1.54, 1.807) is 0 Å². The van der Waals surface area contributed by atoms with Crippen molar-refractivity contribution in [2.45, 2.75) is 19.3 Å². The fourth-order valence-corrected chi connectivity index (χ4v) is 10.7. The first-order valence-electron chi connectivity index (χ1n) is 22.3. The van der Waals surface area contributed by atoms with Gasteiger partial charge in [0, 0.05) is 17.1 Å². The second-order valence-electron chi connectivity index (χ2n) is 17.4. The van der Waals surface area contributed by atoms with Crippen molar-refractivity contribution >= 4 is 49.4 Å². The molecule has 0 saturated carbocycles. The zero-order valence-electron chi connectivity index (χ0n) is 36.0. The number of hydrogen-bond acceptors (Lipinski definition) is 1. The van der Waals surface area contributed by atoms with Crippen molar-refractivity contribution in [2.75, 3.05) is 4.90 Å². The molecule has 302 valence electrons. The minimum atomic E-state index is -0.491. The quantitative estimate of drug-likeness (QED) is 0.145. The second-order valence-corrected chi connectivity index (χ2v) is 17.4. The van der Waals surface area contributed by atoms with Crippen LogP contribution in [0.15, 0.2) is 237 Å². The topological polar surface area (TPSA) is 3.24 Å². The molecule has 0 spiro atoms. The molecular formula is C63H45N. The van der Waals surface area contributed by atoms with Crippen LogP contribution in [0.1, 0.15) is 33.4 Å². The van der Waals surface area contributed by atoms with Gasteiger partial charge in [-0.15, -0.1) is 0 Å². The number of anilines is 3. The van der Waals surface area contributed by atoms with Crippen LogP contribution in [0.3, 0.4) is 0 Å². The maximum absolute atomic E-state index is 2.52. The van der Waals surface area contributed by atoms with Crippen molar-refractivity contribution in [3.8, 4) is 33.4 Å². The zero-order chi connectivity index (χ0) is 42.8. The summed E-state index contributed by atoms with van der Waals surface area (Å²) >= 11 is 0. The Morgan fingerprint density at radius 1 is 0.312 bits per heavy atom. The monoisotopic (exact) mass is 815 g/mol. The molecule has 0 aromatic heterocycles. The minimum absolute atomic E-state index is 0.491. The second kappa shape index (κ2) is 15.1. The first-order valence-corrected chi connectivity index (χ1v) is 22.3. The molecule has 0 radical (unpaired) electrons. The van der Waals surface area contributed by atoms with Gasteiger partial charge in [0.2, 0.25) is 0 Å². The molecule has 0 saturated heterocycles. The SMILES string of the molecule is Cc1ccc(N(c2ccc(C)cc2)c2ccc(-c3c4ccccc4c(-c4ccc5c(c4)C(c4ccccc4)(c4ccccc4)c4ccccc4-5)c4cc5ccccc5cc34)cc2)cc1. The minimum Gasteiger partial charge on any atom is -0.311 e. The lowest BCUT2D eigenvalue weighted by Crippen LogP contribution is -2.28. The van der Waals surface area contributed by atoms with E-state index in [0.717, 1.165) is 17.1 Å². The summed E-state index contributed by atoms with van der Waals surface area (Å²) < 4.78 is 0. The van der Waals surface area contributed by atoms with E-state index < -0.39 is 5.41 Å².